The summed E-state index contributed by atoms with van der Waals surface area (Å²) in [6.45, 7) is 1.15. The topological polar surface area (TPSA) is 251 Å². The molecule has 10 N–H and O–H groups in total. The lowest BCUT2D eigenvalue weighted by atomic mass is 10.0. The molecule has 0 saturated heterocycles. The molecule has 4 atom stereocenters. The van der Waals surface area contributed by atoms with Gasteiger partial charge in [0.15, 0.2) is 0 Å². The number of phenolic OH excluding ortho intramolecular Hbond substituents is 1. The van der Waals surface area contributed by atoms with Crippen LogP contribution < -0.4 is 27.4 Å². The number of rotatable bonds is 14. The Bertz CT molecular complexity index is 951. The Balaban J connectivity index is 3.09. The fourth-order valence-corrected chi connectivity index (χ4v) is 2.82. The quantitative estimate of drug-likeness (QED) is 0.135. The Morgan fingerprint density at radius 1 is 0.886 bits per heavy atom. The van der Waals surface area contributed by atoms with Gasteiger partial charge in [-0.1, -0.05) is 12.1 Å². The first-order chi connectivity index (χ1) is 16.3. The maximum atomic E-state index is 13.0. The predicted molar refractivity (Wildman–Crippen MR) is 120 cm³/mol. The van der Waals surface area contributed by atoms with E-state index in [9.17, 15) is 33.9 Å². The van der Waals surface area contributed by atoms with Crippen molar-refractivity contribution in [2.45, 2.75) is 56.8 Å². The van der Waals surface area contributed by atoms with Crippen LogP contribution in [0.1, 0.15) is 31.7 Å². The maximum absolute atomic E-state index is 13.0. The van der Waals surface area contributed by atoms with E-state index < -0.39 is 66.2 Å². The summed E-state index contributed by atoms with van der Waals surface area (Å²) in [5.41, 5.74) is 11.3. The molecule has 14 nitrogen and oxygen atoms in total. The molecule has 0 aliphatic heterocycles. The minimum Gasteiger partial charge on any atom is -0.508 e. The van der Waals surface area contributed by atoms with Gasteiger partial charge in [-0.15, -0.1) is 0 Å². The van der Waals surface area contributed by atoms with E-state index in [1.807, 2.05) is 0 Å². The van der Waals surface area contributed by atoms with E-state index in [1.165, 1.54) is 24.3 Å². The van der Waals surface area contributed by atoms with Crippen LogP contribution in [-0.2, 0) is 35.2 Å². The van der Waals surface area contributed by atoms with Crippen LogP contribution in [0.4, 0.5) is 0 Å². The Labute approximate surface area is 200 Å². The van der Waals surface area contributed by atoms with Gasteiger partial charge >= 0.3 is 11.9 Å². The van der Waals surface area contributed by atoms with E-state index in [4.69, 9.17) is 21.7 Å². The molecule has 4 unspecified atom stereocenters. The number of nitrogens with two attached hydrogens (primary N) is 2. The number of primary amides is 1. The number of hydrogen-bond donors (Lipinski definition) is 8. The molecule has 1 aromatic rings. The number of aliphatic carboxylic acids is 2. The first kappa shape index (κ1) is 28.8. The van der Waals surface area contributed by atoms with Gasteiger partial charge in [0.05, 0.1) is 12.5 Å². The fraction of sp³-hybridized carbons (Fsp3) is 0.429. The highest BCUT2D eigenvalue weighted by molar-refractivity contribution is 5.95. The lowest BCUT2D eigenvalue weighted by Gasteiger charge is -2.24. The van der Waals surface area contributed by atoms with E-state index in [1.54, 1.807) is 0 Å². The number of aromatic hydroxyl groups is 1. The highest BCUT2D eigenvalue weighted by Gasteiger charge is 2.31. The number of carbonyl (C=O) groups is 6. The van der Waals surface area contributed by atoms with Gasteiger partial charge < -0.3 is 42.7 Å². The van der Waals surface area contributed by atoms with Crippen LogP contribution in [0.25, 0.3) is 0 Å². The van der Waals surface area contributed by atoms with Crippen LogP contribution >= 0.6 is 0 Å². The molecule has 1 rings (SSSR count). The molecule has 14 heteroatoms. The van der Waals surface area contributed by atoms with Crippen molar-refractivity contribution in [2.75, 3.05) is 0 Å². The molecular formula is C21H29N5O9. The predicted octanol–water partition coefficient (Wildman–Crippen LogP) is -2.44. The second-order valence-corrected chi connectivity index (χ2v) is 7.77. The molecule has 4 amide bonds. The molecule has 0 bridgehead atoms. The minimum atomic E-state index is -1.65. The molecule has 0 heterocycles. The molecule has 1 aromatic carbocycles. The number of hydrogen-bond acceptors (Lipinski definition) is 8. The summed E-state index contributed by atoms with van der Waals surface area (Å²) in [6, 6.07) is 0.114. The molecular weight excluding hydrogens is 466 g/mol. The Morgan fingerprint density at radius 2 is 1.43 bits per heavy atom. The van der Waals surface area contributed by atoms with Crippen molar-refractivity contribution >= 4 is 35.6 Å². The van der Waals surface area contributed by atoms with Gasteiger partial charge in [0.25, 0.3) is 0 Å². The molecule has 0 saturated carbocycles. The number of nitrogens with one attached hydrogen (secondary N) is 3. The summed E-state index contributed by atoms with van der Waals surface area (Å²) in [4.78, 5) is 71.0. The summed E-state index contributed by atoms with van der Waals surface area (Å²) < 4.78 is 0. The number of amides is 4. The van der Waals surface area contributed by atoms with Gasteiger partial charge in [0.2, 0.25) is 23.6 Å². The maximum Gasteiger partial charge on any atom is 0.325 e. The van der Waals surface area contributed by atoms with Crippen molar-refractivity contribution in [3.05, 3.63) is 29.8 Å². The Morgan fingerprint density at radius 3 is 1.94 bits per heavy atom. The largest absolute Gasteiger partial charge is 0.508 e. The van der Waals surface area contributed by atoms with Gasteiger partial charge in [-0.2, -0.15) is 0 Å². The van der Waals surface area contributed by atoms with Crippen molar-refractivity contribution in [3.8, 4) is 5.75 Å². The molecule has 192 valence electrons. The molecule has 0 aromatic heterocycles. The van der Waals surface area contributed by atoms with E-state index in [-0.39, 0.29) is 25.0 Å². The van der Waals surface area contributed by atoms with Gasteiger partial charge in [0, 0.05) is 12.8 Å². The third-order valence-electron chi connectivity index (χ3n) is 4.79. The third-order valence-corrected chi connectivity index (χ3v) is 4.79. The standard InChI is InChI=1S/C21H29N5O9/c1-10(21(34)35)24-19(32)15(9-17(29)30)26-20(33)14(8-11-2-4-12(27)5-3-11)25-18(31)13(22)6-7-16(23)28/h2-5,10,13-15,27H,6-9,22H2,1H3,(H2,23,28)(H,24,32)(H,25,31)(H,26,33)(H,29,30)(H,34,35). The van der Waals surface area contributed by atoms with Gasteiger partial charge in [-0.3, -0.25) is 28.8 Å². The average Bonchev–Trinajstić information content (AvgIpc) is 2.77. The van der Waals surface area contributed by atoms with Crippen molar-refractivity contribution in [1.82, 2.24) is 16.0 Å². The molecule has 0 aliphatic carbocycles. The van der Waals surface area contributed by atoms with E-state index in [0.717, 1.165) is 6.92 Å². The highest BCUT2D eigenvalue weighted by Crippen LogP contribution is 2.12. The zero-order chi connectivity index (χ0) is 26.7. The van der Waals surface area contributed by atoms with Crippen LogP contribution in [0.15, 0.2) is 24.3 Å². The molecule has 35 heavy (non-hydrogen) atoms. The van der Waals surface area contributed by atoms with Crippen LogP contribution in [0.3, 0.4) is 0 Å². The number of carboxylic acid groups (broad SMARTS) is 2. The summed E-state index contributed by atoms with van der Waals surface area (Å²) in [6.07, 6.45) is -1.26. The summed E-state index contributed by atoms with van der Waals surface area (Å²) >= 11 is 0. The smallest absolute Gasteiger partial charge is 0.325 e. The van der Waals surface area contributed by atoms with E-state index in [2.05, 4.69) is 16.0 Å². The summed E-state index contributed by atoms with van der Waals surface area (Å²) in [5, 5.41) is 34.2. The number of carbonyl (C=O) groups excluding carboxylic acids is 4. The lowest BCUT2D eigenvalue weighted by Crippen LogP contribution is -2.57. The second kappa shape index (κ2) is 13.5. The zero-order valence-corrected chi connectivity index (χ0v) is 18.9. The Kier molecular flexibility index (Phi) is 11.1. The molecule has 0 fully saturated rings. The fourth-order valence-electron chi connectivity index (χ4n) is 2.82. The van der Waals surface area contributed by atoms with E-state index in [0.29, 0.717) is 5.56 Å². The van der Waals surface area contributed by atoms with Crippen molar-refractivity contribution in [1.29, 1.82) is 0 Å². The van der Waals surface area contributed by atoms with Crippen LogP contribution in [-0.4, -0.2) is 75.1 Å². The highest BCUT2D eigenvalue weighted by atomic mass is 16.4. The lowest BCUT2D eigenvalue weighted by molar-refractivity contribution is -0.143. The molecule has 0 radical (unpaired) electrons. The van der Waals surface area contributed by atoms with Gasteiger partial charge in [-0.25, -0.2) is 0 Å². The monoisotopic (exact) mass is 495 g/mol. The second-order valence-electron chi connectivity index (χ2n) is 7.77. The molecule has 0 spiro atoms. The molecule has 0 aliphatic rings. The normalized spacial score (nSPS) is 14.0. The van der Waals surface area contributed by atoms with Gasteiger partial charge in [0.1, 0.15) is 23.9 Å². The Hall–Kier alpha value is -4.20. The average molecular weight is 495 g/mol. The summed E-state index contributed by atoms with van der Waals surface area (Å²) in [5.74, 6) is -6.34. The summed E-state index contributed by atoms with van der Waals surface area (Å²) in [7, 11) is 0. The number of phenols is 1. The van der Waals surface area contributed by atoms with Crippen molar-refractivity contribution in [3.63, 3.8) is 0 Å². The first-order valence-electron chi connectivity index (χ1n) is 10.5. The number of benzene rings is 1. The third kappa shape index (κ3) is 10.5. The van der Waals surface area contributed by atoms with Gasteiger partial charge in [-0.05, 0) is 31.0 Å². The van der Waals surface area contributed by atoms with Crippen LogP contribution in [0, 0.1) is 0 Å². The van der Waals surface area contributed by atoms with Crippen LogP contribution in [0.2, 0.25) is 0 Å². The first-order valence-corrected chi connectivity index (χ1v) is 10.5. The van der Waals surface area contributed by atoms with Crippen molar-refractivity contribution < 1.29 is 44.1 Å². The SMILES string of the molecule is CC(NC(=O)C(CC(=O)O)NC(=O)C(Cc1ccc(O)cc1)NC(=O)C(N)CCC(N)=O)C(=O)O. The minimum absolute atomic E-state index is 0.0435. The van der Waals surface area contributed by atoms with E-state index >= 15 is 0 Å². The van der Waals surface area contributed by atoms with Crippen molar-refractivity contribution in [2.24, 2.45) is 11.5 Å². The van der Waals surface area contributed by atoms with Crippen LogP contribution in [0.5, 0.6) is 5.75 Å². The zero-order valence-electron chi connectivity index (χ0n) is 18.9. The number of carboxylic acids is 2.